The molecule has 2 atom stereocenters. The van der Waals surface area contributed by atoms with Crippen molar-refractivity contribution in [2.24, 2.45) is 4.99 Å². The van der Waals surface area contributed by atoms with Gasteiger partial charge < -0.3 is 14.2 Å². The zero-order valence-electron chi connectivity index (χ0n) is 22.0. The quantitative estimate of drug-likeness (QED) is 0.152. The molecule has 0 unspecified atom stereocenters. The average Bonchev–Trinajstić information content (AvgIpc) is 2.69. The number of ether oxygens (including phenoxy) is 3. The Morgan fingerprint density at radius 2 is 1.83 bits per heavy atom. The number of rotatable bonds is 6. The minimum Gasteiger partial charge on any atom is -0.443 e. The highest BCUT2D eigenvalue weighted by Crippen LogP contribution is 2.43. The molecule has 1 aromatic carbocycles. The van der Waals surface area contributed by atoms with Crippen LogP contribution in [0.3, 0.4) is 0 Å². The van der Waals surface area contributed by atoms with Crippen LogP contribution in [-0.2, 0) is 19.7 Å². The van der Waals surface area contributed by atoms with Crippen molar-refractivity contribution in [3.63, 3.8) is 0 Å². The van der Waals surface area contributed by atoms with E-state index < -0.39 is 62.1 Å². The summed E-state index contributed by atoms with van der Waals surface area (Å²) in [5.41, 5.74) is -5.51. The Morgan fingerprint density at radius 3 is 2.36 bits per heavy atom. The molecule has 0 bridgehead atoms. The summed E-state index contributed by atoms with van der Waals surface area (Å²) in [6.07, 6.45) is -6.02. The van der Waals surface area contributed by atoms with Gasteiger partial charge in [0.15, 0.2) is 5.84 Å². The SMILES string of the molecule is CC(C)(C)OC(=O)N(COCC[Si](C)(C)C)C1=N[C@](C)(c2cc(Br)ccc2F)CO[C@@]1(C)C(F)(F)F. The summed E-state index contributed by atoms with van der Waals surface area (Å²) in [6, 6.07) is 4.81. The highest BCUT2D eigenvalue weighted by Gasteiger charge is 2.62. The summed E-state index contributed by atoms with van der Waals surface area (Å²) in [5.74, 6) is -1.43. The van der Waals surface area contributed by atoms with Crippen LogP contribution in [0.2, 0.25) is 25.7 Å². The maximum atomic E-state index is 14.8. The van der Waals surface area contributed by atoms with Crippen LogP contribution in [0.15, 0.2) is 27.7 Å². The largest absolute Gasteiger partial charge is 0.443 e. The van der Waals surface area contributed by atoms with Gasteiger partial charge in [-0.2, -0.15) is 13.2 Å². The van der Waals surface area contributed by atoms with Gasteiger partial charge in [0.25, 0.3) is 0 Å². The van der Waals surface area contributed by atoms with Crippen LogP contribution >= 0.6 is 15.9 Å². The zero-order chi connectivity index (χ0) is 27.7. The molecular formula is C24H35BrF4N2O4Si. The van der Waals surface area contributed by atoms with E-state index in [1.54, 1.807) is 20.8 Å². The minimum atomic E-state index is -4.94. The van der Waals surface area contributed by atoms with Crippen LogP contribution in [-0.4, -0.2) is 62.2 Å². The topological polar surface area (TPSA) is 60.4 Å². The molecule has 1 heterocycles. The molecule has 0 aliphatic carbocycles. The van der Waals surface area contributed by atoms with Crippen LogP contribution in [0, 0.1) is 5.82 Å². The smallest absolute Gasteiger partial charge is 0.424 e. The summed E-state index contributed by atoms with van der Waals surface area (Å²) in [6.45, 7) is 12.5. The van der Waals surface area contributed by atoms with Crippen LogP contribution in [0.5, 0.6) is 0 Å². The molecule has 0 N–H and O–H groups in total. The fourth-order valence-electron chi connectivity index (χ4n) is 3.35. The maximum Gasteiger partial charge on any atom is 0.424 e. The fourth-order valence-corrected chi connectivity index (χ4v) is 4.47. The standard InChI is InChI=1S/C24H35BrF4N2O4Si/c1-21(2,3)35-20(32)31(15-33-11-12-36(6,7)8)19-23(5,24(27,28)29)34-14-22(4,30-19)17-13-16(25)9-10-18(17)26/h9-10,13H,11-12,14-15H2,1-8H3/t22-,23+/m0/s1. The van der Waals surface area contributed by atoms with Crippen molar-refractivity contribution in [2.75, 3.05) is 19.9 Å². The highest BCUT2D eigenvalue weighted by molar-refractivity contribution is 9.10. The second-order valence-corrected chi connectivity index (χ2v) is 17.9. The summed E-state index contributed by atoms with van der Waals surface area (Å²) >= 11 is 3.26. The first-order chi connectivity index (χ1) is 16.2. The number of carbonyl (C=O) groups excluding carboxylic acids is 1. The summed E-state index contributed by atoms with van der Waals surface area (Å²) < 4.78 is 74.9. The number of halogens is 5. The molecule has 0 radical (unpaired) electrons. The van der Waals surface area contributed by atoms with Crippen molar-refractivity contribution in [1.82, 2.24) is 4.90 Å². The number of carbonyl (C=O) groups is 1. The molecule has 1 aliphatic heterocycles. The Hall–Kier alpha value is -1.50. The molecule has 1 aromatic rings. The Morgan fingerprint density at radius 1 is 1.22 bits per heavy atom. The van der Waals surface area contributed by atoms with E-state index in [2.05, 4.69) is 40.6 Å². The molecule has 0 saturated carbocycles. The third-order valence-electron chi connectivity index (χ3n) is 5.56. The number of amidine groups is 1. The molecule has 1 aliphatic rings. The van der Waals surface area contributed by atoms with Gasteiger partial charge in [-0.1, -0.05) is 35.6 Å². The van der Waals surface area contributed by atoms with Crippen LogP contribution in [0.1, 0.15) is 40.2 Å². The van der Waals surface area contributed by atoms with Gasteiger partial charge in [0.05, 0.1) is 6.61 Å². The third kappa shape index (κ3) is 7.52. The molecule has 0 aromatic heterocycles. The van der Waals surface area contributed by atoms with Crippen molar-refractivity contribution in [1.29, 1.82) is 0 Å². The molecule has 0 fully saturated rings. The number of aliphatic imine (C=N–C) groups is 1. The summed E-state index contributed by atoms with van der Waals surface area (Å²) in [7, 11) is -1.51. The fraction of sp³-hybridized carbons (Fsp3) is 0.667. The van der Waals surface area contributed by atoms with Gasteiger partial charge in [-0.25, -0.2) is 14.1 Å². The Bertz CT molecular complexity index is 994. The van der Waals surface area contributed by atoms with E-state index in [4.69, 9.17) is 14.2 Å². The third-order valence-corrected chi connectivity index (χ3v) is 7.75. The van der Waals surface area contributed by atoms with Gasteiger partial charge in [0.1, 0.15) is 23.7 Å². The van der Waals surface area contributed by atoms with E-state index in [1.807, 2.05) is 0 Å². The van der Waals surface area contributed by atoms with Crippen LogP contribution in [0.4, 0.5) is 22.4 Å². The Balaban J connectivity index is 2.64. The van der Waals surface area contributed by atoms with E-state index in [1.165, 1.54) is 25.1 Å². The Labute approximate surface area is 219 Å². The van der Waals surface area contributed by atoms with Crippen molar-refractivity contribution in [3.8, 4) is 0 Å². The number of amides is 1. The highest BCUT2D eigenvalue weighted by atomic mass is 79.9. The van der Waals surface area contributed by atoms with E-state index in [0.29, 0.717) is 9.37 Å². The molecular weight excluding hydrogens is 564 g/mol. The first kappa shape index (κ1) is 30.7. The lowest BCUT2D eigenvalue weighted by molar-refractivity contribution is -0.252. The Kier molecular flexibility index (Phi) is 9.13. The molecule has 2 rings (SSSR count). The molecule has 1 amide bonds. The number of nitrogens with zero attached hydrogens (tertiary/aromatic N) is 2. The lowest BCUT2D eigenvalue weighted by Gasteiger charge is -2.45. The maximum absolute atomic E-state index is 14.8. The number of hydrogen-bond donors (Lipinski definition) is 0. The van der Waals surface area contributed by atoms with E-state index >= 15 is 0 Å². The van der Waals surface area contributed by atoms with Crippen molar-refractivity contribution >= 4 is 35.9 Å². The molecule has 6 nitrogen and oxygen atoms in total. The number of hydrogen-bond acceptors (Lipinski definition) is 5. The lowest BCUT2D eigenvalue weighted by atomic mass is 9.89. The number of alkyl halides is 3. The molecule has 0 saturated heterocycles. The van der Waals surface area contributed by atoms with Gasteiger partial charge in [0.2, 0.25) is 5.60 Å². The van der Waals surface area contributed by atoms with Gasteiger partial charge in [-0.15, -0.1) is 0 Å². The van der Waals surface area contributed by atoms with E-state index in [0.717, 1.165) is 13.0 Å². The second-order valence-electron chi connectivity index (χ2n) is 11.4. The molecule has 12 heteroatoms. The first-order valence-electron chi connectivity index (χ1n) is 11.5. The molecule has 0 spiro atoms. The van der Waals surface area contributed by atoms with Gasteiger partial charge >= 0.3 is 12.3 Å². The predicted molar refractivity (Wildman–Crippen MR) is 136 cm³/mol. The predicted octanol–water partition coefficient (Wildman–Crippen LogP) is 7.10. The van der Waals surface area contributed by atoms with Gasteiger partial charge in [0, 0.05) is 24.7 Å². The second kappa shape index (κ2) is 10.7. The lowest BCUT2D eigenvalue weighted by Crippen LogP contribution is -2.63. The van der Waals surface area contributed by atoms with Crippen molar-refractivity contribution < 1.29 is 36.6 Å². The van der Waals surface area contributed by atoms with Crippen molar-refractivity contribution in [2.45, 2.75) is 83.2 Å². The summed E-state index contributed by atoms with van der Waals surface area (Å²) in [4.78, 5) is 18.2. The normalized spacial score (nSPS) is 23.3. The monoisotopic (exact) mass is 598 g/mol. The number of benzene rings is 1. The average molecular weight is 600 g/mol. The van der Waals surface area contributed by atoms with Crippen LogP contribution < -0.4 is 0 Å². The summed E-state index contributed by atoms with van der Waals surface area (Å²) in [5, 5.41) is 0. The van der Waals surface area contributed by atoms with Gasteiger partial charge in [-0.3, -0.25) is 4.99 Å². The molecule has 36 heavy (non-hydrogen) atoms. The van der Waals surface area contributed by atoms with Crippen molar-refractivity contribution in [3.05, 3.63) is 34.1 Å². The molecule has 204 valence electrons. The van der Waals surface area contributed by atoms with E-state index in [9.17, 15) is 22.4 Å². The minimum absolute atomic E-state index is 0.0161. The van der Waals surface area contributed by atoms with Gasteiger partial charge in [-0.05, 0) is 58.9 Å². The van der Waals surface area contributed by atoms with Crippen LogP contribution in [0.25, 0.3) is 0 Å². The first-order valence-corrected chi connectivity index (χ1v) is 16.0. The van der Waals surface area contributed by atoms with E-state index in [-0.39, 0.29) is 12.2 Å². The zero-order valence-corrected chi connectivity index (χ0v) is 24.6.